The van der Waals surface area contributed by atoms with Gasteiger partial charge in [-0.25, -0.2) is 15.0 Å². The zero-order chi connectivity index (χ0) is 16.2. The Morgan fingerprint density at radius 1 is 1.39 bits per heavy atom. The van der Waals surface area contributed by atoms with Crippen LogP contribution in [0.15, 0.2) is 18.5 Å². The Bertz CT molecular complexity index is 672. The molecule has 0 saturated carbocycles. The summed E-state index contributed by atoms with van der Waals surface area (Å²) in [5.74, 6) is 1.35. The number of nitrogens with one attached hydrogen (secondary N) is 1. The molecule has 0 radical (unpaired) electrons. The first-order chi connectivity index (χ1) is 11.1. The fraction of sp³-hybridized carbons (Fsp3) is 0.467. The van der Waals surface area contributed by atoms with Crippen LogP contribution in [0.2, 0.25) is 0 Å². The lowest BCUT2D eigenvalue weighted by Gasteiger charge is -2.25. The van der Waals surface area contributed by atoms with Crippen molar-refractivity contribution in [1.29, 1.82) is 0 Å². The molecule has 1 amide bonds. The molecule has 2 aromatic rings. The number of hydrogen-bond donors (Lipinski definition) is 1. The van der Waals surface area contributed by atoms with Gasteiger partial charge in [0, 0.05) is 36.9 Å². The first kappa shape index (κ1) is 15.8. The number of rotatable bonds is 5. The highest BCUT2D eigenvalue weighted by molar-refractivity contribution is 7.14. The Labute approximate surface area is 139 Å². The van der Waals surface area contributed by atoms with Gasteiger partial charge in [-0.1, -0.05) is 0 Å². The van der Waals surface area contributed by atoms with Crippen LogP contribution in [-0.4, -0.2) is 59.5 Å². The largest absolute Gasteiger partial charge is 0.349 e. The molecule has 0 aliphatic carbocycles. The number of aryl methyl sites for hydroxylation is 1. The molecule has 3 rings (SSSR count). The van der Waals surface area contributed by atoms with Crippen LogP contribution in [0.4, 0.5) is 11.8 Å². The van der Waals surface area contributed by atoms with E-state index in [0.29, 0.717) is 17.5 Å². The number of thiazole rings is 1. The minimum atomic E-state index is -0.111. The molecule has 0 spiro atoms. The van der Waals surface area contributed by atoms with Gasteiger partial charge < -0.3 is 10.2 Å². The van der Waals surface area contributed by atoms with Crippen LogP contribution in [0.3, 0.4) is 0 Å². The van der Waals surface area contributed by atoms with Gasteiger partial charge >= 0.3 is 0 Å². The van der Waals surface area contributed by atoms with Crippen molar-refractivity contribution in [1.82, 2.24) is 25.2 Å². The van der Waals surface area contributed by atoms with Crippen molar-refractivity contribution < 1.29 is 4.79 Å². The molecule has 8 heteroatoms. The maximum atomic E-state index is 12.3. The predicted molar refractivity (Wildman–Crippen MR) is 90.4 cm³/mol. The third-order valence-electron chi connectivity index (χ3n) is 3.55. The van der Waals surface area contributed by atoms with Crippen molar-refractivity contribution in [2.75, 3.05) is 38.6 Å². The second-order valence-electron chi connectivity index (χ2n) is 5.63. The van der Waals surface area contributed by atoms with Gasteiger partial charge in [-0.05, 0) is 33.0 Å². The van der Waals surface area contributed by atoms with Crippen LogP contribution < -0.4 is 10.2 Å². The normalized spacial score (nSPS) is 14.0. The number of anilines is 2. The molecule has 23 heavy (non-hydrogen) atoms. The lowest BCUT2D eigenvalue weighted by Crippen LogP contribution is -2.31. The second-order valence-corrected chi connectivity index (χ2v) is 6.71. The summed E-state index contributed by atoms with van der Waals surface area (Å²) in [5, 5.41) is 3.42. The zero-order valence-corrected chi connectivity index (χ0v) is 14.1. The van der Waals surface area contributed by atoms with E-state index in [9.17, 15) is 4.79 Å². The lowest BCUT2D eigenvalue weighted by atomic mass is 10.2. The van der Waals surface area contributed by atoms with E-state index in [0.717, 1.165) is 36.6 Å². The molecule has 7 nitrogen and oxygen atoms in total. The average Bonchev–Trinajstić information content (AvgIpc) is 2.99. The summed E-state index contributed by atoms with van der Waals surface area (Å²) in [5.41, 5.74) is 0. The standard InChI is InChI=1S/C15H20N6OS/c1-20(2)10-8-16-13(22)14-19-12-11(23-14)5-3-9-21(12)15-17-6-4-7-18-15/h4,6-7H,3,5,8-10H2,1-2H3,(H,16,22). The molecule has 1 aliphatic heterocycles. The summed E-state index contributed by atoms with van der Waals surface area (Å²) < 4.78 is 0. The molecule has 0 fully saturated rings. The Kier molecular flexibility index (Phi) is 4.82. The van der Waals surface area contributed by atoms with Gasteiger partial charge in [-0.15, -0.1) is 11.3 Å². The molecule has 0 unspecified atom stereocenters. The van der Waals surface area contributed by atoms with Crippen LogP contribution in [0.5, 0.6) is 0 Å². The van der Waals surface area contributed by atoms with Gasteiger partial charge in [0.25, 0.3) is 5.91 Å². The average molecular weight is 332 g/mol. The van der Waals surface area contributed by atoms with Crippen LogP contribution in [0.1, 0.15) is 21.1 Å². The predicted octanol–water partition coefficient (Wildman–Crippen LogP) is 1.31. The molecule has 0 aromatic carbocycles. The summed E-state index contributed by atoms with van der Waals surface area (Å²) in [4.78, 5) is 30.5. The Hall–Kier alpha value is -2.06. The molecular formula is C15H20N6OS. The van der Waals surface area contributed by atoms with Gasteiger partial charge in [-0.3, -0.25) is 9.69 Å². The van der Waals surface area contributed by atoms with Gasteiger partial charge in [0.05, 0.1) is 0 Å². The van der Waals surface area contributed by atoms with Crippen molar-refractivity contribution in [2.24, 2.45) is 0 Å². The van der Waals surface area contributed by atoms with Crippen molar-refractivity contribution >= 4 is 29.0 Å². The van der Waals surface area contributed by atoms with E-state index >= 15 is 0 Å². The van der Waals surface area contributed by atoms with Gasteiger partial charge in [-0.2, -0.15) is 0 Å². The summed E-state index contributed by atoms with van der Waals surface area (Å²) in [6.07, 6.45) is 5.39. The number of carbonyl (C=O) groups excluding carboxylic acids is 1. The number of aromatic nitrogens is 3. The number of amides is 1. The molecule has 1 aliphatic rings. The van der Waals surface area contributed by atoms with Crippen molar-refractivity contribution in [3.8, 4) is 0 Å². The zero-order valence-electron chi connectivity index (χ0n) is 13.3. The van der Waals surface area contributed by atoms with Crippen LogP contribution >= 0.6 is 11.3 Å². The smallest absolute Gasteiger partial charge is 0.280 e. The Morgan fingerprint density at radius 3 is 2.91 bits per heavy atom. The van der Waals surface area contributed by atoms with E-state index in [1.165, 1.54) is 11.3 Å². The van der Waals surface area contributed by atoms with Crippen molar-refractivity contribution in [3.05, 3.63) is 28.3 Å². The quantitative estimate of drug-likeness (QED) is 0.890. The lowest BCUT2D eigenvalue weighted by molar-refractivity contribution is 0.0950. The molecular weight excluding hydrogens is 312 g/mol. The van der Waals surface area contributed by atoms with Gasteiger partial charge in [0.15, 0.2) is 10.8 Å². The highest BCUT2D eigenvalue weighted by atomic mass is 32.1. The molecule has 0 bridgehead atoms. The molecule has 3 heterocycles. The minimum absolute atomic E-state index is 0.111. The number of hydrogen-bond acceptors (Lipinski definition) is 7. The van der Waals surface area contributed by atoms with E-state index in [-0.39, 0.29) is 5.91 Å². The highest BCUT2D eigenvalue weighted by Crippen LogP contribution is 2.34. The SMILES string of the molecule is CN(C)CCNC(=O)c1nc2c(s1)CCCN2c1ncccn1. The fourth-order valence-corrected chi connectivity index (χ4v) is 3.44. The third-order valence-corrected chi connectivity index (χ3v) is 4.65. The first-order valence-corrected chi connectivity index (χ1v) is 8.44. The van der Waals surface area contributed by atoms with E-state index < -0.39 is 0 Å². The van der Waals surface area contributed by atoms with Crippen LogP contribution in [0.25, 0.3) is 0 Å². The number of carbonyl (C=O) groups is 1. The Balaban J connectivity index is 1.77. The van der Waals surface area contributed by atoms with E-state index in [1.807, 2.05) is 23.9 Å². The number of nitrogens with zero attached hydrogens (tertiary/aromatic N) is 5. The summed E-state index contributed by atoms with van der Waals surface area (Å²) in [7, 11) is 3.96. The molecule has 1 N–H and O–H groups in total. The summed E-state index contributed by atoms with van der Waals surface area (Å²) >= 11 is 1.47. The first-order valence-electron chi connectivity index (χ1n) is 7.62. The minimum Gasteiger partial charge on any atom is -0.349 e. The second kappa shape index (κ2) is 7.01. The van der Waals surface area contributed by atoms with Gasteiger partial charge in [0.2, 0.25) is 5.95 Å². The van der Waals surface area contributed by atoms with Crippen molar-refractivity contribution in [3.63, 3.8) is 0 Å². The topological polar surface area (TPSA) is 74.2 Å². The number of likely N-dealkylation sites (N-methyl/N-ethyl adjacent to an activating group) is 1. The maximum Gasteiger partial charge on any atom is 0.280 e. The van der Waals surface area contributed by atoms with E-state index in [4.69, 9.17) is 0 Å². The van der Waals surface area contributed by atoms with Gasteiger partial charge in [0.1, 0.15) is 0 Å². The summed E-state index contributed by atoms with van der Waals surface area (Å²) in [6, 6.07) is 1.79. The molecule has 2 aromatic heterocycles. The monoisotopic (exact) mass is 332 g/mol. The number of fused-ring (bicyclic) bond motifs is 1. The molecule has 0 saturated heterocycles. The maximum absolute atomic E-state index is 12.3. The third kappa shape index (κ3) is 3.65. The molecule has 0 atom stereocenters. The van der Waals surface area contributed by atoms with Crippen LogP contribution in [-0.2, 0) is 6.42 Å². The van der Waals surface area contributed by atoms with Crippen molar-refractivity contribution in [2.45, 2.75) is 12.8 Å². The van der Waals surface area contributed by atoms with Crippen LogP contribution in [0, 0.1) is 0 Å². The highest BCUT2D eigenvalue weighted by Gasteiger charge is 2.26. The fourth-order valence-electron chi connectivity index (χ4n) is 2.41. The van der Waals surface area contributed by atoms with E-state index in [2.05, 4.69) is 20.3 Å². The molecule has 122 valence electrons. The van der Waals surface area contributed by atoms with E-state index in [1.54, 1.807) is 18.5 Å². The summed E-state index contributed by atoms with van der Waals surface area (Å²) in [6.45, 7) is 2.24. The Morgan fingerprint density at radius 2 is 2.17 bits per heavy atom.